The van der Waals surface area contributed by atoms with E-state index in [0.29, 0.717) is 5.75 Å². The van der Waals surface area contributed by atoms with Crippen molar-refractivity contribution < 1.29 is 4.79 Å². The van der Waals surface area contributed by atoms with Gasteiger partial charge in [-0.05, 0) is 68.8 Å². The number of anilines is 1. The number of aryl methyl sites for hydroxylation is 3. The van der Waals surface area contributed by atoms with Crippen molar-refractivity contribution >= 4 is 34.4 Å². The highest BCUT2D eigenvalue weighted by molar-refractivity contribution is 8.00. The molecular weight excluding hydrogens is 382 g/mol. The smallest absolute Gasteiger partial charge is 0.234 e. The molecule has 0 aliphatic rings. The van der Waals surface area contributed by atoms with Crippen LogP contribution in [0.4, 0.5) is 5.69 Å². The zero-order chi connectivity index (χ0) is 20.4. The summed E-state index contributed by atoms with van der Waals surface area (Å²) >= 11 is 1.48. The van der Waals surface area contributed by atoms with Crippen molar-refractivity contribution in [2.75, 3.05) is 11.1 Å². The predicted molar refractivity (Wildman–Crippen MR) is 117 cm³/mol. The maximum atomic E-state index is 12.2. The van der Waals surface area contributed by atoms with Crippen molar-refractivity contribution in [3.63, 3.8) is 0 Å². The van der Waals surface area contributed by atoms with Crippen LogP contribution in [0.25, 0.3) is 16.7 Å². The minimum absolute atomic E-state index is 0.0483. The van der Waals surface area contributed by atoms with Crippen molar-refractivity contribution in [1.82, 2.24) is 19.7 Å². The van der Waals surface area contributed by atoms with E-state index in [2.05, 4.69) is 33.4 Å². The van der Waals surface area contributed by atoms with Crippen molar-refractivity contribution in [1.29, 1.82) is 0 Å². The first-order valence-electron chi connectivity index (χ1n) is 9.28. The first-order chi connectivity index (χ1) is 14.0. The second-order valence-electron chi connectivity index (χ2n) is 6.84. The Bertz CT molecular complexity index is 1170. The third-order valence-corrected chi connectivity index (χ3v) is 5.57. The number of aromatic nitrogens is 4. The van der Waals surface area contributed by atoms with E-state index in [1.807, 2.05) is 54.9 Å². The lowest BCUT2D eigenvalue weighted by Crippen LogP contribution is -2.14. The summed E-state index contributed by atoms with van der Waals surface area (Å²) in [5.41, 5.74) is 5.60. The average Bonchev–Trinajstić information content (AvgIpc) is 3.04. The van der Waals surface area contributed by atoms with Crippen LogP contribution in [-0.4, -0.2) is 31.4 Å². The minimum Gasteiger partial charge on any atom is -0.325 e. The Morgan fingerprint density at radius 1 is 1.07 bits per heavy atom. The molecule has 0 saturated carbocycles. The van der Waals surface area contributed by atoms with Crippen LogP contribution in [0.3, 0.4) is 0 Å². The van der Waals surface area contributed by atoms with E-state index in [4.69, 9.17) is 0 Å². The van der Waals surface area contributed by atoms with Crippen molar-refractivity contribution in [3.8, 4) is 5.69 Å². The summed E-state index contributed by atoms with van der Waals surface area (Å²) in [6, 6.07) is 13.5. The maximum Gasteiger partial charge on any atom is 0.234 e. The summed E-state index contributed by atoms with van der Waals surface area (Å²) in [7, 11) is 0. The molecule has 1 amide bonds. The fourth-order valence-corrected chi connectivity index (χ4v) is 4.00. The Kier molecular flexibility index (Phi) is 5.31. The maximum absolute atomic E-state index is 12.2. The molecule has 3 aromatic heterocycles. The number of amides is 1. The number of thioether (sulfide) groups is 1. The van der Waals surface area contributed by atoms with Gasteiger partial charge in [0.2, 0.25) is 5.91 Å². The van der Waals surface area contributed by atoms with Crippen molar-refractivity contribution in [3.05, 3.63) is 71.8 Å². The summed E-state index contributed by atoms with van der Waals surface area (Å²) in [4.78, 5) is 21.9. The average molecular weight is 404 g/mol. The Labute approximate surface area is 173 Å². The predicted octanol–water partition coefficient (Wildman–Crippen LogP) is 4.47. The van der Waals surface area contributed by atoms with Crippen LogP contribution in [0.1, 0.15) is 17.0 Å². The lowest BCUT2D eigenvalue weighted by Gasteiger charge is -2.08. The summed E-state index contributed by atoms with van der Waals surface area (Å²) in [5, 5.41) is 8.69. The highest BCUT2D eigenvalue weighted by atomic mass is 32.2. The number of hydrogen-bond acceptors (Lipinski definition) is 5. The molecule has 3 heterocycles. The molecule has 7 heteroatoms. The van der Waals surface area contributed by atoms with Gasteiger partial charge in [-0.1, -0.05) is 0 Å². The van der Waals surface area contributed by atoms with Crippen LogP contribution >= 0.6 is 11.8 Å². The number of carbonyl (C=O) groups excluding carboxylic acids is 1. The summed E-state index contributed by atoms with van der Waals surface area (Å²) in [5.74, 6) is 0.296. The van der Waals surface area contributed by atoms with E-state index >= 15 is 0 Å². The zero-order valence-electron chi connectivity index (χ0n) is 16.5. The molecule has 4 rings (SSSR count). The lowest BCUT2D eigenvalue weighted by atomic mass is 10.1. The number of benzene rings is 1. The number of rotatable bonds is 5. The molecule has 0 aliphatic carbocycles. The Hall–Kier alpha value is -3.19. The molecule has 0 saturated heterocycles. The lowest BCUT2D eigenvalue weighted by molar-refractivity contribution is -0.113. The van der Waals surface area contributed by atoms with Gasteiger partial charge in [0.25, 0.3) is 0 Å². The van der Waals surface area contributed by atoms with Gasteiger partial charge in [0.05, 0.1) is 17.1 Å². The Morgan fingerprint density at radius 3 is 2.52 bits per heavy atom. The number of pyridine rings is 2. The van der Waals surface area contributed by atoms with E-state index < -0.39 is 0 Å². The van der Waals surface area contributed by atoms with E-state index in [9.17, 15) is 4.79 Å². The molecular formula is C22H21N5OS. The molecule has 1 aromatic carbocycles. The number of nitrogens with zero attached hydrogens (tertiary/aromatic N) is 4. The molecule has 0 aliphatic heterocycles. The second kappa shape index (κ2) is 8.05. The highest BCUT2D eigenvalue weighted by Gasteiger charge is 2.13. The SMILES string of the molecule is Cc1cc(C)c2c(C)nn(-c3ccc(NC(=O)CSc4ccncc4)cc3)c2n1. The largest absolute Gasteiger partial charge is 0.325 e. The Balaban J connectivity index is 1.50. The highest BCUT2D eigenvalue weighted by Crippen LogP contribution is 2.25. The fraction of sp³-hybridized carbons (Fsp3) is 0.182. The summed E-state index contributed by atoms with van der Waals surface area (Å²) in [6.45, 7) is 6.07. The van der Waals surface area contributed by atoms with Gasteiger partial charge in [0, 0.05) is 34.1 Å². The third kappa shape index (κ3) is 4.14. The number of hydrogen-bond donors (Lipinski definition) is 1. The molecule has 0 unspecified atom stereocenters. The van der Waals surface area contributed by atoms with Crippen molar-refractivity contribution in [2.45, 2.75) is 25.7 Å². The van der Waals surface area contributed by atoms with Crippen LogP contribution in [0.15, 0.2) is 59.8 Å². The van der Waals surface area contributed by atoms with Gasteiger partial charge in [-0.2, -0.15) is 5.10 Å². The summed E-state index contributed by atoms with van der Waals surface area (Å²) in [6.07, 6.45) is 3.44. The van der Waals surface area contributed by atoms with Gasteiger partial charge >= 0.3 is 0 Å². The number of carbonyl (C=O) groups is 1. The van der Waals surface area contributed by atoms with Gasteiger partial charge in [-0.15, -0.1) is 11.8 Å². The zero-order valence-corrected chi connectivity index (χ0v) is 17.3. The molecule has 1 N–H and O–H groups in total. The Morgan fingerprint density at radius 2 is 1.79 bits per heavy atom. The normalized spacial score (nSPS) is 11.0. The third-order valence-electron chi connectivity index (χ3n) is 4.55. The summed E-state index contributed by atoms with van der Waals surface area (Å²) < 4.78 is 1.86. The van der Waals surface area contributed by atoms with E-state index in [-0.39, 0.29) is 5.91 Å². The first kappa shape index (κ1) is 19.1. The van der Waals surface area contributed by atoms with E-state index in [1.54, 1.807) is 12.4 Å². The molecule has 0 fully saturated rings. The fourth-order valence-electron chi connectivity index (χ4n) is 3.31. The monoisotopic (exact) mass is 403 g/mol. The molecule has 6 nitrogen and oxygen atoms in total. The molecule has 0 radical (unpaired) electrons. The van der Waals surface area contributed by atoms with Crippen molar-refractivity contribution in [2.24, 2.45) is 0 Å². The first-order valence-corrected chi connectivity index (χ1v) is 10.3. The molecule has 29 heavy (non-hydrogen) atoms. The van der Waals surface area contributed by atoms with Gasteiger partial charge in [0.1, 0.15) is 0 Å². The van der Waals surface area contributed by atoms with Crippen LogP contribution in [-0.2, 0) is 4.79 Å². The van der Waals surface area contributed by atoms with Crippen LogP contribution in [0.5, 0.6) is 0 Å². The molecule has 0 spiro atoms. The number of fused-ring (bicyclic) bond motifs is 1. The second-order valence-corrected chi connectivity index (χ2v) is 7.89. The topological polar surface area (TPSA) is 72.7 Å². The molecule has 0 bridgehead atoms. The number of nitrogens with one attached hydrogen (secondary N) is 1. The van der Waals surface area contributed by atoms with Gasteiger partial charge in [-0.25, -0.2) is 9.67 Å². The van der Waals surface area contributed by atoms with E-state index in [0.717, 1.165) is 38.7 Å². The molecule has 0 atom stereocenters. The van der Waals surface area contributed by atoms with Crippen LogP contribution < -0.4 is 5.32 Å². The minimum atomic E-state index is -0.0483. The van der Waals surface area contributed by atoms with Crippen LogP contribution in [0.2, 0.25) is 0 Å². The molecule has 146 valence electrons. The molecule has 4 aromatic rings. The van der Waals surface area contributed by atoms with Gasteiger partial charge in [0.15, 0.2) is 5.65 Å². The quantitative estimate of drug-likeness (QED) is 0.498. The van der Waals surface area contributed by atoms with Gasteiger partial charge in [-0.3, -0.25) is 9.78 Å². The standard InChI is InChI=1S/C22H21N5OS/c1-14-12-15(2)24-22-21(14)16(3)26-27(22)18-6-4-17(5-7-18)25-20(28)13-29-19-8-10-23-11-9-19/h4-12H,13H2,1-3H3,(H,25,28). The van der Waals surface area contributed by atoms with E-state index in [1.165, 1.54) is 17.3 Å². The van der Waals surface area contributed by atoms with Crippen LogP contribution in [0, 0.1) is 20.8 Å². The van der Waals surface area contributed by atoms with Gasteiger partial charge < -0.3 is 5.32 Å².